The van der Waals surface area contributed by atoms with Gasteiger partial charge in [0.2, 0.25) is 0 Å². The lowest BCUT2D eigenvalue weighted by atomic mass is 10.4. The van der Waals surface area contributed by atoms with Crippen LogP contribution < -0.4 is 0 Å². The van der Waals surface area contributed by atoms with E-state index in [1.54, 1.807) is 24.3 Å². The molecule has 0 nitrogen and oxygen atoms in total. The molecule has 62 valence electrons. The highest BCUT2D eigenvalue weighted by Gasteiger charge is 1.56. The van der Waals surface area contributed by atoms with E-state index in [2.05, 4.69) is 42.1 Å². The molecule has 0 aromatic heterocycles. The third-order valence-corrected chi connectivity index (χ3v) is 0.897. The van der Waals surface area contributed by atoms with E-state index < -0.39 is 0 Å². The average molecular weight is 166 g/mol. The molecule has 0 saturated carbocycles. The standard InChI is InChI=1S/C13H10/c1-3-5-7-9-11-13-12-10-8-6-4-2/h3-7H,1H2,2H3/b6-4?,7-5+. The Morgan fingerprint density at radius 2 is 1.54 bits per heavy atom. The van der Waals surface area contributed by atoms with E-state index in [1.165, 1.54) is 0 Å². The summed E-state index contributed by atoms with van der Waals surface area (Å²) >= 11 is 0. The van der Waals surface area contributed by atoms with E-state index in [-0.39, 0.29) is 0 Å². The molecule has 0 heterocycles. The van der Waals surface area contributed by atoms with Gasteiger partial charge in [0.1, 0.15) is 0 Å². The summed E-state index contributed by atoms with van der Waals surface area (Å²) < 4.78 is 0. The van der Waals surface area contributed by atoms with Gasteiger partial charge in [-0.1, -0.05) is 36.6 Å². The second-order valence-corrected chi connectivity index (χ2v) is 1.88. The minimum Gasteiger partial charge on any atom is -0.0990 e. The maximum absolute atomic E-state index is 3.51. The zero-order chi connectivity index (χ0) is 9.78. The highest BCUT2D eigenvalue weighted by atomic mass is 13.6. The van der Waals surface area contributed by atoms with Crippen LogP contribution >= 0.6 is 0 Å². The molecule has 13 heavy (non-hydrogen) atoms. The van der Waals surface area contributed by atoms with Gasteiger partial charge in [-0.25, -0.2) is 0 Å². The van der Waals surface area contributed by atoms with E-state index >= 15 is 0 Å². The van der Waals surface area contributed by atoms with E-state index in [1.807, 2.05) is 13.0 Å². The molecule has 0 amide bonds. The molecule has 0 aromatic carbocycles. The number of rotatable bonds is 1. The van der Waals surface area contributed by atoms with E-state index in [0.29, 0.717) is 0 Å². The van der Waals surface area contributed by atoms with Gasteiger partial charge in [0, 0.05) is 0 Å². The molecule has 0 aliphatic rings. The zero-order valence-electron chi connectivity index (χ0n) is 7.59. The van der Waals surface area contributed by atoms with Crippen molar-refractivity contribution >= 4 is 0 Å². The van der Waals surface area contributed by atoms with Crippen LogP contribution in [0.15, 0.2) is 37.0 Å². The molecule has 0 fully saturated rings. The van der Waals surface area contributed by atoms with Gasteiger partial charge in [-0.3, -0.25) is 0 Å². The molecule has 0 bridgehead atoms. The molecule has 0 rings (SSSR count). The normalized spacial score (nSPS) is 7.77. The lowest BCUT2D eigenvalue weighted by Gasteiger charge is -1.61. The lowest BCUT2D eigenvalue weighted by Crippen LogP contribution is -1.53. The second kappa shape index (κ2) is 9.90. The Morgan fingerprint density at radius 3 is 2.08 bits per heavy atom. The van der Waals surface area contributed by atoms with Gasteiger partial charge in [0.05, 0.1) is 0 Å². The first-order valence-corrected chi connectivity index (χ1v) is 3.81. The Bertz CT molecular complexity index is 373. The van der Waals surface area contributed by atoms with Crippen molar-refractivity contribution in [3.05, 3.63) is 37.0 Å². The molecule has 0 N–H and O–H groups in total. The van der Waals surface area contributed by atoms with Crippen LogP contribution in [0.4, 0.5) is 0 Å². The van der Waals surface area contributed by atoms with Gasteiger partial charge < -0.3 is 0 Å². The van der Waals surface area contributed by atoms with E-state index in [9.17, 15) is 0 Å². The fourth-order valence-corrected chi connectivity index (χ4v) is 0.417. The summed E-state index contributed by atoms with van der Waals surface area (Å²) in [5.41, 5.74) is 0. The molecule has 0 aliphatic carbocycles. The largest absolute Gasteiger partial charge is 0.0990 e. The minimum absolute atomic E-state index is 1.66. The summed E-state index contributed by atoms with van der Waals surface area (Å²) in [6.07, 6.45) is 8.68. The van der Waals surface area contributed by atoms with Gasteiger partial charge in [0.15, 0.2) is 0 Å². The van der Waals surface area contributed by atoms with Crippen molar-refractivity contribution in [2.45, 2.75) is 6.92 Å². The second-order valence-electron chi connectivity index (χ2n) is 1.88. The predicted octanol–water partition coefficient (Wildman–Crippen LogP) is 2.31. The predicted molar refractivity (Wildman–Crippen MR) is 57.5 cm³/mol. The highest BCUT2D eigenvalue weighted by Crippen LogP contribution is 1.68. The van der Waals surface area contributed by atoms with Crippen molar-refractivity contribution in [2.24, 2.45) is 0 Å². The Labute approximate surface area is 80.0 Å². The van der Waals surface area contributed by atoms with Gasteiger partial charge in [-0.15, -0.1) is 0 Å². The molecule has 0 unspecified atom stereocenters. The van der Waals surface area contributed by atoms with E-state index in [0.717, 1.165) is 0 Å². The van der Waals surface area contributed by atoms with Crippen LogP contribution in [0.25, 0.3) is 0 Å². The number of hydrogen-bond acceptors (Lipinski definition) is 0. The summed E-state index contributed by atoms with van der Waals surface area (Å²) in [6, 6.07) is 0. The molecule has 0 aromatic rings. The minimum atomic E-state index is 1.66. The third-order valence-electron chi connectivity index (χ3n) is 0.897. The zero-order valence-corrected chi connectivity index (χ0v) is 7.59. The monoisotopic (exact) mass is 166 g/mol. The van der Waals surface area contributed by atoms with Crippen LogP contribution in [-0.2, 0) is 0 Å². The fourth-order valence-electron chi connectivity index (χ4n) is 0.417. The van der Waals surface area contributed by atoms with Crippen molar-refractivity contribution in [3.8, 4) is 35.5 Å². The summed E-state index contributed by atoms with van der Waals surface area (Å²) in [6.45, 7) is 5.41. The number of hydrogen-bond donors (Lipinski definition) is 0. The SMILES string of the molecule is C=C/C=C/C#CC#CC#CC=CC. The first-order chi connectivity index (χ1) is 6.41. The Balaban J connectivity index is 3.99. The molecule has 0 atom stereocenters. The number of allylic oxidation sites excluding steroid dienone is 5. The van der Waals surface area contributed by atoms with Gasteiger partial charge in [0.25, 0.3) is 0 Å². The van der Waals surface area contributed by atoms with Gasteiger partial charge in [-0.2, -0.15) is 0 Å². The van der Waals surface area contributed by atoms with Crippen LogP contribution in [0.1, 0.15) is 6.92 Å². The summed E-state index contributed by atoms with van der Waals surface area (Å²) in [7, 11) is 0. The molecule has 0 saturated heterocycles. The van der Waals surface area contributed by atoms with E-state index in [4.69, 9.17) is 0 Å². The van der Waals surface area contributed by atoms with Crippen molar-refractivity contribution in [2.75, 3.05) is 0 Å². The van der Waals surface area contributed by atoms with Crippen LogP contribution in [0, 0.1) is 35.5 Å². The summed E-state index contributed by atoms with van der Waals surface area (Å²) in [4.78, 5) is 0. The Kier molecular flexibility index (Phi) is 8.30. The molecule has 0 aliphatic heterocycles. The Hall–Kier alpha value is -2.10. The fraction of sp³-hybridized carbons (Fsp3) is 0.0769. The maximum Gasteiger partial charge on any atom is -0.000697 e. The average Bonchev–Trinajstić information content (AvgIpc) is 2.16. The van der Waals surface area contributed by atoms with Crippen molar-refractivity contribution in [3.63, 3.8) is 0 Å². The van der Waals surface area contributed by atoms with Gasteiger partial charge >= 0.3 is 0 Å². The van der Waals surface area contributed by atoms with Crippen molar-refractivity contribution in [1.29, 1.82) is 0 Å². The third kappa shape index (κ3) is 9.90. The molecular weight excluding hydrogens is 156 g/mol. The molecule has 0 spiro atoms. The lowest BCUT2D eigenvalue weighted by molar-refractivity contribution is 1.76. The highest BCUT2D eigenvalue weighted by molar-refractivity contribution is 5.39. The van der Waals surface area contributed by atoms with Crippen LogP contribution in [-0.4, -0.2) is 0 Å². The summed E-state index contributed by atoms with van der Waals surface area (Å²) in [5.74, 6) is 15.9. The molecular formula is C13H10. The topological polar surface area (TPSA) is 0 Å². The first-order valence-electron chi connectivity index (χ1n) is 3.81. The molecule has 0 heteroatoms. The van der Waals surface area contributed by atoms with Gasteiger partial charge in [-0.05, 0) is 42.8 Å². The van der Waals surface area contributed by atoms with Crippen LogP contribution in [0.3, 0.4) is 0 Å². The molecule has 0 radical (unpaired) electrons. The quantitative estimate of drug-likeness (QED) is 0.414. The van der Waals surface area contributed by atoms with Crippen LogP contribution in [0.2, 0.25) is 0 Å². The smallest absolute Gasteiger partial charge is 0.000697 e. The van der Waals surface area contributed by atoms with Crippen LogP contribution in [0.5, 0.6) is 0 Å². The first kappa shape index (κ1) is 10.9. The van der Waals surface area contributed by atoms with Crippen molar-refractivity contribution in [1.82, 2.24) is 0 Å². The Morgan fingerprint density at radius 1 is 0.923 bits per heavy atom. The van der Waals surface area contributed by atoms with Crippen molar-refractivity contribution < 1.29 is 0 Å². The maximum atomic E-state index is 3.51. The summed E-state index contributed by atoms with van der Waals surface area (Å²) in [5, 5.41) is 0.